The number of rotatable bonds is 6. The van der Waals surface area contributed by atoms with Crippen LogP contribution in [0.1, 0.15) is 23.7 Å². The van der Waals surface area contributed by atoms with E-state index in [9.17, 15) is 14.9 Å². The van der Waals surface area contributed by atoms with E-state index >= 15 is 0 Å². The van der Waals surface area contributed by atoms with Gasteiger partial charge >= 0.3 is 0 Å². The summed E-state index contributed by atoms with van der Waals surface area (Å²) in [5.74, 6) is -0.206. The van der Waals surface area contributed by atoms with Gasteiger partial charge in [-0.1, -0.05) is 18.2 Å². The van der Waals surface area contributed by atoms with Crippen molar-refractivity contribution in [3.05, 3.63) is 63.6 Å². The van der Waals surface area contributed by atoms with E-state index in [0.717, 1.165) is 5.69 Å². The highest BCUT2D eigenvalue weighted by molar-refractivity contribution is 5.93. The molecule has 0 unspecified atom stereocenters. The number of likely N-dealkylation sites (N-methyl/N-ethyl adjacent to an activating group) is 1. The van der Waals surface area contributed by atoms with Crippen molar-refractivity contribution in [2.75, 3.05) is 18.6 Å². The van der Waals surface area contributed by atoms with Crippen LogP contribution < -0.4 is 10.5 Å². The summed E-state index contributed by atoms with van der Waals surface area (Å²) >= 11 is 0. The number of nitrogens with zero attached hydrogens (tertiary/aromatic N) is 3. The van der Waals surface area contributed by atoms with Gasteiger partial charge in [0.05, 0.1) is 6.61 Å². The maximum absolute atomic E-state index is 12.7. The smallest absolute Gasteiger partial charge is 0.269 e. The topological polar surface area (TPSA) is 75.3 Å². The molecule has 6 heteroatoms. The van der Waals surface area contributed by atoms with Gasteiger partial charge in [0, 0.05) is 30.6 Å². The Bertz CT molecular complexity index is 851. The summed E-state index contributed by atoms with van der Waals surface area (Å²) in [6.07, 6.45) is 0. The van der Waals surface area contributed by atoms with Crippen molar-refractivity contribution in [3.8, 4) is 6.07 Å². The highest BCUT2D eigenvalue weighted by atomic mass is 16.5. The first-order valence-electron chi connectivity index (χ1n) is 8.01. The largest absolute Gasteiger partial charge is 0.380 e. The third kappa shape index (κ3) is 3.95. The molecule has 0 saturated heterocycles. The number of carbonyl (C=O) groups excluding carboxylic acids is 1. The van der Waals surface area contributed by atoms with Gasteiger partial charge in [-0.25, -0.2) is 0 Å². The highest BCUT2D eigenvalue weighted by Gasteiger charge is 2.18. The monoisotopic (exact) mass is 339 g/mol. The third-order valence-electron chi connectivity index (χ3n) is 3.98. The number of nitriles is 1. The second-order valence-corrected chi connectivity index (χ2v) is 5.60. The van der Waals surface area contributed by atoms with Crippen LogP contribution in [0.5, 0.6) is 0 Å². The zero-order valence-corrected chi connectivity index (χ0v) is 14.7. The van der Waals surface area contributed by atoms with Crippen LogP contribution >= 0.6 is 0 Å². The molecule has 0 bridgehead atoms. The lowest BCUT2D eigenvalue weighted by Gasteiger charge is -2.22. The molecule has 6 nitrogen and oxygen atoms in total. The van der Waals surface area contributed by atoms with Crippen LogP contribution in [0, 0.1) is 18.3 Å². The standard InChI is InChI=1S/C19H21N3O3/c1-4-21(16-8-6-5-7-9-16)18(23)12-22-14(2)10-15(13-25-3)17(11-20)19(22)24/h5-10H,4,12-13H2,1-3H3. The Labute approximate surface area is 146 Å². The Balaban J connectivity index is 2.38. The Morgan fingerprint density at radius 3 is 2.56 bits per heavy atom. The number of aromatic nitrogens is 1. The Morgan fingerprint density at radius 2 is 2.00 bits per heavy atom. The number of para-hydroxylation sites is 1. The summed E-state index contributed by atoms with van der Waals surface area (Å²) in [6, 6.07) is 12.9. The van der Waals surface area contributed by atoms with Gasteiger partial charge in [-0.05, 0) is 32.0 Å². The van der Waals surface area contributed by atoms with E-state index in [4.69, 9.17) is 4.74 Å². The van der Waals surface area contributed by atoms with Gasteiger partial charge in [0.25, 0.3) is 5.56 Å². The van der Waals surface area contributed by atoms with Crippen LogP contribution in [0.25, 0.3) is 0 Å². The number of hydrogen-bond donors (Lipinski definition) is 0. The van der Waals surface area contributed by atoms with Crippen molar-refractivity contribution < 1.29 is 9.53 Å². The van der Waals surface area contributed by atoms with Crippen LogP contribution in [0.15, 0.2) is 41.2 Å². The van der Waals surface area contributed by atoms with E-state index < -0.39 is 5.56 Å². The quantitative estimate of drug-likeness (QED) is 0.809. The molecule has 1 aromatic heterocycles. The number of hydrogen-bond acceptors (Lipinski definition) is 4. The van der Waals surface area contributed by atoms with E-state index in [1.807, 2.05) is 43.3 Å². The van der Waals surface area contributed by atoms with Crippen LogP contribution in [0.4, 0.5) is 5.69 Å². The number of benzene rings is 1. The predicted molar refractivity (Wildman–Crippen MR) is 95.3 cm³/mol. The maximum atomic E-state index is 12.7. The van der Waals surface area contributed by atoms with Crippen molar-refractivity contribution in [2.45, 2.75) is 27.0 Å². The molecule has 0 radical (unpaired) electrons. The summed E-state index contributed by atoms with van der Waals surface area (Å²) in [5, 5.41) is 9.29. The van der Waals surface area contributed by atoms with Crippen LogP contribution in [0.2, 0.25) is 0 Å². The van der Waals surface area contributed by atoms with Gasteiger partial charge in [-0.3, -0.25) is 9.59 Å². The molecule has 0 saturated carbocycles. The van der Waals surface area contributed by atoms with Crippen molar-refractivity contribution in [1.29, 1.82) is 5.26 Å². The molecular formula is C19H21N3O3. The second-order valence-electron chi connectivity index (χ2n) is 5.60. The molecule has 0 atom stereocenters. The summed E-state index contributed by atoms with van der Waals surface area (Å²) < 4.78 is 6.38. The average Bonchev–Trinajstić information content (AvgIpc) is 2.60. The molecule has 1 amide bonds. The van der Waals surface area contributed by atoms with Crippen molar-refractivity contribution in [1.82, 2.24) is 4.57 Å². The minimum absolute atomic E-state index is 0.0167. The number of methoxy groups -OCH3 is 1. The van der Waals surface area contributed by atoms with Gasteiger partial charge in [0.1, 0.15) is 18.2 Å². The van der Waals surface area contributed by atoms with Crippen molar-refractivity contribution >= 4 is 11.6 Å². The molecule has 25 heavy (non-hydrogen) atoms. The van der Waals surface area contributed by atoms with E-state index in [1.54, 1.807) is 17.9 Å². The minimum Gasteiger partial charge on any atom is -0.380 e. The molecular weight excluding hydrogens is 318 g/mol. The number of aryl methyl sites for hydroxylation is 1. The molecule has 1 heterocycles. The van der Waals surface area contributed by atoms with E-state index in [1.165, 1.54) is 11.7 Å². The molecule has 1 aromatic carbocycles. The summed E-state index contributed by atoms with van der Waals surface area (Å²) in [5.41, 5.74) is 1.48. The first kappa shape index (κ1) is 18.4. The number of ether oxygens (including phenoxy) is 1. The van der Waals surface area contributed by atoms with E-state index in [0.29, 0.717) is 17.8 Å². The maximum Gasteiger partial charge on any atom is 0.269 e. The van der Waals surface area contributed by atoms with Crippen molar-refractivity contribution in [2.24, 2.45) is 0 Å². The van der Waals surface area contributed by atoms with E-state index in [2.05, 4.69) is 0 Å². The average molecular weight is 339 g/mol. The van der Waals surface area contributed by atoms with Gasteiger partial charge in [-0.2, -0.15) is 5.26 Å². The normalized spacial score (nSPS) is 10.3. The molecule has 0 aliphatic carbocycles. The molecule has 0 N–H and O–H groups in total. The lowest BCUT2D eigenvalue weighted by atomic mass is 10.1. The summed E-state index contributed by atoms with van der Waals surface area (Å²) in [4.78, 5) is 26.9. The summed E-state index contributed by atoms with van der Waals surface area (Å²) in [6.45, 7) is 4.18. The number of amides is 1. The number of pyridine rings is 1. The predicted octanol–water partition coefficient (Wildman–Crippen LogP) is 2.23. The Kier molecular flexibility index (Phi) is 6.09. The van der Waals surface area contributed by atoms with Gasteiger partial charge in [-0.15, -0.1) is 0 Å². The molecule has 0 aliphatic heterocycles. The molecule has 0 aliphatic rings. The Morgan fingerprint density at radius 1 is 1.32 bits per heavy atom. The number of anilines is 1. The fourth-order valence-electron chi connectivity index (χ4n) is 2.75. The lowest BCUT2D eigenvalue weighted by Crippen LogP contribution is -2.38. The third-order valence-corrected chi connectivity index (χ3v) is 3.98. The van der Waals surface area contributed by atoms with Crippen LogP contribution in [0.3, 0.4) is 0 Å². The first-order chi connectivity index (χ1) is 12.0. The summed E-state index contributed by atoms with van der Waals surface area (Å²) in [7, 11) is 1.50. The van der Waals surface area contributed by atoms with E-state index in [-0.39, 0.29) is 24.6 Å². The zero-order valence-electron chi connectivity index (χ0n) is 14.7. The van der Waals surface area contributed by atoms with Gasteiger partial charge in [0.15, 0.2) is 0 Å². The lowest BCUT2D eigenvalue weighted by molar-refractivity contribution is -0.119. The molecule has 2 rings (SSSR count). The molecule has 2 aromatic rings. The fourth-order valence-corrected chi connectivity index (χ4v) is 2.75. The second kappa shape index (κ2) is 8.27. The highest BCUT2D eigenvalue weighted by Crippen LogP contribution is 2.14. The fraction of sp³-hybridized carbons (Fsp3) is 0.316. The SMILES string of the molecule is CCN(C(=O)Cn1c(C)cc(COC)c(C#N)c1=O)c1ccccc1. The molecule has 130 valence electrons. The Hall–Kier alpha value is -2.91. The van der Waals surface area contributed by atoms with Crippen LogP contribution in [-0.2, 0) is 22.7 Å². The minimum atomic E-state index is -0.466. The van der Waals surface area contributed by atoms with Crippen LogP contribution in [-0.4, -0.2) is 24.1 Å². The number of carbonyl (C=O) groups is 1. The first-order valence-corrected chi connectivity index (χ1v) is 8.01. The molecule has 0 spiro atoms. The van der Waals surface area contributed by atoms with Gasteiger partial charge in [0.2, 0.25) is 5.91 Å². The van der Waals surface area contributed by atoms with Crippen molar-refractivity contribution in [3.63, 3.8) is 0 Å². The zero-order chi connectivity index (χ0) is 18.4. The molecule has 0 fully saturated rings. The van der Waals surface area contributed by atoms with Gasteiger partial charge < -0.3 is 14.2 Å².